The van der Waals surface area contributed by atoms with E-state index in [0.29, 0.717) is 5.92 Å². The molecule has 1 aliphatic carbocycles. The molecule has 3 atom stereocenters. The molecule has 1 rings (SSSR count). The second-order valence-corrected chi connectivity index (χ2v) is 6.40. The van der Waals surface area contributed by atoms with E-state index in [1.807, 2.05) is 13.8 Å². The van der Waals surface area contributed by atoms with E-state index in [-0.39, 0.29) is 6.42 Å². The molecular weight excluding hydrogens is 346 g/mol. The number of rotatable bonds is 6. The summed E-state index contributed by atoms with van der Waals surface area (Å²) in [5.74, 6) is -1.63. The van der Waals surface area contributed by atoms with Crippen LogP contribution in [0.25, 0.3) is 0 Å². The molecule has 0 heterocycles. The van der Waals surface area contributed by atoms with Crippen LogP contribution in [-0.4, -0.2) is 43.9 Å². The fraction of sp³-hybridized carbons (Fsp3) is 0.714. The van der Waals surface area contributed by atoms with E-state index in [1.54, 1.807) is 0 Å². The first-order chi connectivity index (χ1) is 12.8. The summed E-state index contributed by atoms with van der Waals surface area (Å²) in [6.07, 6.45) is 6.99. The predicted octanol–water partition coefficient (Wildman–Crippen LogP) is 3.24. The quantitative estimate of drug-likeness (QED) is 0.414. The van der Waals surface area contributed by atoms with Crippen LogP contribution in [0.15, 0.2) is 23.8 Å². The second-order valence-electron chi connectivity index (χ2n) is 6.40. The summed E-state index contributed by atoms with van der Waals surface area (Å²) in [6.45, 7) is 11.4. The number of esters is 2. The lowest BCUT2D eigenvalue weighted by molar-refractivity contribution is -0.157. The molecule has 0 aliphatic heterocycles. The number of ether oxygens (including phenoxy) is 2. The number of carbonyl (C=O) groups excluding carboxylic acids is 2. The topological polar surface area (TPSA) is 98.9 Å². The fourth-order valence-electron chi connectivity index (χ4n) is 2.32. The Morgan fingerprint density at radius 1 is 1.19 bits per heavy atom. The monoisotopic (exact) mass is 385 g/mol. The molecule has 158 valence electrons. The summed E-state index contributed by atoms with van der Waals surface area (Å²) < 4.78 is 9.14. The van der Waals surface area contributed by atoms with Gasteiger partial charge in [-0.1, -0.05) is 51.5 Å². The van der Waals surface area contributed by atoms with Gasteiger partial charge in [0.1, 0.15) is 0 Å². The fourth-order valence-corrected chi connectivity index (χ4v) is 2.32. The van der Waals surface area contributed by atoms with Crippen LogP contribution in [0.3, 0.4) is 0 Å². The standard InChI is InChI=1S/C10H14O5.C9H19N.C2H6/c1-14-9(12)7-4-3-6(11)5-8(7)10(13)15-2;1-8(2)9(3)6-4-5-7-10;1-2/h3-4,6-8,11H,5H2,1-2H3;6,8H,4-5,7,10H2,1-3H3;1-2H3/b;9-6+;. The maximum atomic E-state index is 11.4. The molecule has 27 heavy (non-hydrogen) atoms. The van der Waals surface area contributed by atoms with Crippen molar-refractivity contribution in [3.05, 3.63) is 23.8 Å². The molecule has 3 N–H and O–H groups in total. The molecule has 1 aliphatic rings. The van der Waals surface area contributed by atoms with Gasteiger partial charge >= 0.3 is 11.9 Å². The Balaban J connectivity index is 0. The Morgan fingerprint density at radius 2 is 1.74 bits per heavy atom. The predicted molar refractivity (Wildman–Crippen MR) is 109 cm³/mol. The van der Waals surface area contributed by atoms with E-state index in [2.05, 4.69) is 36.3 Å². The zero-order valence-electron chi connectivity index (χ0n) is 18.0. The number of aliphatic hydroxyl groups is 1. The molecule has 0 fully saturated rings. The van der Waals surface area contributed by atoms with Crippen LogP contribution in [0, 0.1) is 17.8 Å². The van der Waals surface area contributed by atoms with Gasteiger partial charge < -0.3 is 20.3 Å². The van der Waals surface area contributed by atoms with Crippen molar-refractivity contribution in [1.29, 1.82) is 0 Å². The molecule has 0 aromatic heterocycles. The van der Waals surface area contributed by atoms with E-state index in [1.165, 1.54) is 31.9 Å². The average Bonchev–Trinajstić information content (AvgIpc) is 2.68. The third-order valence-corrected chi connectivity index (χ3v) is 4.23. The molecular formula is C21H39NO5. The second kappa shape index (κ2) is 16.5. The summed E-state index contributed by atoms with van der Waals surface area (Å²) >= 11 is 0. The number of unbranched alkanes of at least 4 members (excludes halogenated alkanes) is 1. The van der Waals surface area contributed by atoms with Gasteiger partial charge in [0.05, 0.1) is 32.2 Å². The molecule has 0 radical (unpaired) electrons. The lowest BCUT2D eigenvalue weighted by Gasteiger charge is -2.25. The number of aliphatic hydroxyl groups excluding tert-OH is 1. The van der Waals surface area contributed by atoms with Crippen molar-refractivity contribution in [2.45, 2.75) is 60.0 Å². The van der Waals surface area contributed by atoms with Crippen molar-refractivity contribution in [1.82, 2.24) is 0 Å². The van der Waals surface area contributed by atoms with Gasteiger partial charge in [-0.2, -0.15) is 0 Å². The number of hydrogen-bond acceptors (Lipinski definition) is 6. The van der Waals surface area contributed by atoms with Crippen LogP contribution >= 0.6 is 0 Å². The number of hydrogen-bond donors (Lipinski definition) is 2. The summed E-state index contributed by atoms with van der Waals surface area (Å²) in [7, 11) is 2.51. The molecule has 6 nitrogen and oxygen atoms in total. The number of methoxy groups -OCH3 is 2. The highest BCUT2D eigenvalue weighted by molar-refractivity contribution is 5.83. The first-order valence-corrected chi connectivity index (χ1v) is 9.67. The first-order valence-electron chi connectivity index (χ1n) is 9.67. The minimum atomic E-state index is -0.713. The van der Waals surface area contributed by atoms with Crippen molar-refractivity contribution in [3.63, 3.8) is 0 Å². The highest BCUT2D eigenvalue weighted by atomic mass is 16.5. The Bertz CT molecular complexity index is 471. The lowest BCUT2D eigenvalue weighted by atomic mass is 9.83. The summed E-state index contributed by atoms with van der Waals surface area (Å²) in [5.41, 5.74) is 6.84. The molecule has 0 bridgehead atoms. The van der Waals surface area contributed by atoms with E-state index < -0.39 is 29.9 Å². The van der Waals surface area contributed by atoms with E-state index in [4.69, 9.17) is 5.73 Å². The van der Waals surface area contributed by atoms with Gasteiger partial charge in [0.25, 0.3) is 0 Å². The smallest absolute Gasteiger partial charge is 0.313 e. The van der Waals surface area contributed by atoms with Gasteiger partial charge in [-0.15, -0.1) is 0 Å². The molecule has 3 unspecified atom stereocenters. The summed E-state index contributed by atoms with van der Waals surface area (Å²) in [5, 5.41) is 9.35. The molecule has 0 amide bonds. The Labute approximate surface area is 164 Å². The van der Waals surface area contributed by atoms with E-state index in [9.17, 15) is 14.7 Å². The first kappa shape index (κ1) is 27.6. The van der Waals surface area contributed by atoms with Gasteiger partial charge in [0.2, 0.25) is 0 Å². The largest absolute Gasteiger partial charge is 0.469 e. The average molecular weight is 386 g/mol. The molecule has 0 spiro atoms. The van der Waals surface area contributed by atoms with Gasteiger partial charge in [-0.25, -0.2) is 0 Å². The van der Waals surface area contributed by atoms with Gasteiger partial charge in [0.15, 0.2) is 0 Å². The van der Waals surface area contributed by atoms with Gasteiger partial charge in [0, 0.05) is 0 Å². The Kier molecular flexibility index (Phi) is 16.9. The van der Waals surface area contributed by atoms with E-state index in [0.717, 1.165) is 19.4 Å². The maximum absolute atomic E-state index is 11.4. The van der Waals surface area contributed by atoms with Crippen LogP contribution in [0.5, 0.6) is 0 Å². The molecule has 0 aromatic carbocycles. The minimum Gasteiger partial charge on any atom is -0.469 e. The lowest BCUT2D eigenvalue weighted by Crippen LogP contribution is -2.35. The summed E-state index contributed by atoms with van der Waals surface area (Å²) in [4.78, 5) is 22.7. The zero-order valence-corrected chi connectivity index (χ0v) is 18.0. The highest BCUT2D eigenvalue weighted by Gasteiger charge is 2.37. The molecule has 6 heteroatoms. The van der Waals surface area contributed by atoms with Crippen LogP contribution in [0.2, 0.25) is 0 Å². The van der Waals surface area contributed by atoms with Crippen molar-refractivity contribution in [2.24, 2.45) is 23.5 Å². The normalized spacial score (nSPS) is 21.4. The number of carbonyl (C=O) groups is 2. The zero-order chi connectivity index (χ0) is 21.4. The number of allylic oxidation sites excluding steroid dienone is 2. The van der Waals surface area contributed by atoms with Crippen LogP contribution < -0.4 is 5.73 Å². The van der Waals surface area contributed by atoms with Crippen molar-refractivity contribution in [2.75, 3.05) is 20.8 Å². The molecule has 0 saturated heterocycles. The minimum absolute atomic E-state index is 0.183. The maximum Gasteiger partial charge on any atom is 0.313 e. The SMILES string of the molecule is C/C(=C\CCCN)C(C)C.CC.COC(=O)C1C=CC(O)CC1C(=O)OC. The number of nitrogens with two attached hydrogens (primary N) is 1. The Morgan fingerprint density at radius 3 is 2.19 bits per heavy atom. The van der Waals surface area contributed by atoms with E-state index >= 15 is 0 Å². The highest BCUT2D eigenvalue weighted by Crippen LogP contribution is 2.27. The summed E-state index contributed by atoms with van der Waals surface area (Å²) in [6, 6.07) is 0. The third kappa shape index (κ3) is 11.6. The van der Waals surface area contributed by atoms with Crippen LogP contribution in [0.4, 0.5) is 0 Å². The van der Waals surface area contributed by atoms with Crippen molar-refractivity contribution in [3.8, 4) is 0 Å². The van der Waals surface area contributed by atoms with Crippen molar-refractivity contribution >= 4 is 11.9 Å². The van der Waals surface area contributed by atoms with Crippen LogP contribution in [0.1, 0.15) is 53.9 Å². The molecule has 0 aromatic rings. The van der Waals surface area contributed by atoms with Crippen molar-refractivity contribution < 1.29 is 24.2 Å². The Hall–Kier alpha value is -1.66. The van der Waals surface area contributed by atoms with Gasteiger partial charge in [-0.05, 0) is 38.6 Å². The van der Waals surface area contributed by atoms with Gasteiger partial charge in [-0.3, -0.25) is 9.59 Å². The van der Waals surface area contributed by atoms with Crippen LogP contribution in [-0.2, 0) is 19.1 Å². The molecule has 0 saturated carbocycles. The third-order valence-electron chi connectivity index (χ3n) is 4.23.